The molecule has 0 bridgehead atoms. The number of fused-ring (bicyclic) bond motifs is 1. The van der Waals surface area contributed by atoms with E-state index >= 15 is 0 Å². The first-order valence-corrected chi connectivity index (χ1v) is 5.93. The van der Waals surface area contributed by atoms with E-state index in [-0.39, 0.29) is 5.82 Å². The van der Waals surface area contributed by atoms with Gasteiger partial charge in [-0.25, -0.2) is 4.39 Å². The molecule has 0 aliphatic heterocycles. The molecule has 1 fully saturated rings. The van der Waals surface area contributed by atoms with Gasteiger partial charge in [-0.2, -0.15) is 0 Å². The molecular formula is C14H16FN. The van der Waals surface area contributed by atoms with E-state index in [1.54, 1.807) is 6.07 Å². The lowest BCUT2D eigenvalue weighted by atomic mass is 9.71. The van der Waals surface area contributed by atoms with Crippen molar-refractivity contribution in [3.05, 3.63) is 41.7 Å². The molecule has 0 amide bonds. The minimum atomic E-state index is -0.161. The van der Waals surface area contributed by atoms with Gasteiger partial charge in [-0.3, -0.25) is 0 Å². The van der Waals surface area contributed by atoms with E-state index in [0.717, 1.165) is 17.2 Å². The average molecular weight is 217 g/mol. The number of hydrogen-bond donors (Lipinski definition) is 1. The van der Waals surface area contributed by atoms with Crippen LogP contribution in [0.4, 0.5) is 10.1 Å². The molecule has 0 heterocycles. The van der Waals surface area contributed by atoms with E-state index in [9.17, 15) is 4.39 Å². The molecule has 2 aliphatic carbocycles. The molecule has 1 aromatic rings. The van der Waals surface area contributed by atoms with Gasteiger partial charge in [0.25, 0.3) is 0 Å². The number of anilines is 1. The van der Waals surface area contributed by atoms with Gasteiger partial charge in [-0.15, -0.1) is 0 Å². The highest BCUT2D eigenvalue weighted by atomic mass is 19.1. The number of halogens is 1. The molecule has 84 valence electrons. The molecule has 2 heteroatoms. The van der Waals surface area contributed by atoms with Crippen molar-refractivity contribution >= 4 is 5.69 Å². The molecule has 16 heavy (non-hydrogen) atoms. The normalized spacial score (nSPS) is 31.0. The summed E-state index contributed by atoms with van der Waals surface area (Å²) in [6, 6.07) is 5.45. The largest absolute Gasteiger partial charge is 0.381 e. The second-order valence-electron chi connectivity index (χ2n) is 4.95. The summed E-state index contributed by atoms with van der Waals surface area (Å²) in [6.45, 7) is 2.02. The van der Waals surface area contributed by atoms with E-state index < -0.39 is 0 Å². The first kappa shape index (κ1) is 9.88. The van der Waals surface area contributed by atoms with Crippen LogP contribution in [-0.4, -0.2) is 6.04 Å². The van der Waals surface area contributed by atoms with Crippen LogP contribution in [0.15, 0.2) is 30.4 Å². The second kappa shape index (κ2) is 3.62. The van der Waals surface area contributed by atoms with Crippen molar-refractivity contribution in [3.63, 3.8) is 0 Å². The van der Waals surface area contributed by atoms with Crippen LogP contribution in [-0.2, 0) is 0 Å². The van der Waals surface area contributed by atoms with Crippen LogP contribution >= 0.6 is 0 Å². The molecule has 3 atom stereocenters. The Bertz CT molecular complexity index is 438. The van der Waals surface area contributed by atoms with E-state index in [2.05, 4.69) is 17.5 Å². The summed E-state index contributed by atoms with van der Waals surface area (Å²) in [5, 5.41) is 3.47. The van der Waals surface area contributed by atoms with Crippen molar-refractivity contribution in [1.29, 1.82) is 0 Å². The zero-order valence-electron chi connectivity index (χ0n) is 9.41. The number of nitrogens with one attached hydrogen (secondary N) is 1. The van der Waals surface area contributed by atoms with Crippen LogP contribution in [0.5, 0.6) is 0 Å². The van der Waals surface area contributed by atoms with E-state index in [4.69, 9.17) is 0 Å². The SMILES string of the molecule is Cc1ccc(F)cc1NC1CC2CC=CC21. The molecule has 1 saturated carbocycles. The van der Waals surface area contributed by atoms with Crippen molar-refractivity contribution in [2.75, 3.05) is 5.32 Å². The molecule has 3 unspecified atom stereocenters. The Balaban J connectivity index is 1.75. The molecule has 0 radical (unpaired) electrons. The molecule has 1 nitrogen and oxygen atoms in total. The Kier molecular flexibility index (Phi) is 2.23. The third-order valence-electron chi connectivity index (χ3n) is 3.90. The quantitative estimate of drug-likeness (QED) is 0.747. The van der Waals surface area contributed by atoms with Crippen molar-refractivity contribution in [2.24, 2.45) is 11.8 Å². The Hall–Kier alpha value is -1.31. The number of rotatable bonds is 2. The Morgan fingerprint density at radius 1 is 1.38 bits per heavy atom. The molecule has 0 aromatic heterocycles. The fraction of sp³-hybridized carbons (Fsp3) is 0.429. The molecule has 2 aliphatic rings. The Morgan fingerprint density at radius 3 is 3.06 bits per heavy atom. The number of hydrogen-bond acceptors (Lipinski definition) is 1. The van der Waals surface area contributed by atoms with Crippen LogP contribution in [0.2, 0.25) is 0 Å². The smallest absolute Gasteiger partial charge is 0.125 e. The first-order chi connectivity index (χ1) is 7.74. The average Bonchev–Trinajstić information content (AvgIpc) is 2.61. The minimum absolute atomic E-state index is 0.161. The third-order valence-corrected chi connectivity index (χ3v) is 3.90. The molecule has 1 aromatic carbocycles. The van der Waals surface area contributed by atoms with Crippen LogP contribution < -0.4 is 5.32 Å². The van der Waals surface area contributed by atoms with Gasteiger partial charge in [0.2, 0.25) is 0 Å². The fourth-order valence-corrected chi connectivity index (χ4v) is 2.83. The van der Waals surface area contributed by atoms with Crippen LogP contribution in [0.1, 0.15) is 18.4 Å². The van der Waals surface area contributed by atoms with Crippen LogP contribution in [0.3, 0.4) is 0 Å². The van der Waals surface area contributed by atoms with E-state index in [0.29, 0.717) is 12.0 Å². The fourth-order valence-electron chi connectivity index (χ4n) is 2.83. The monoisotopic (exact) mass is 217 g/mol. The van der Waals surface area contributed by atoms with Gasteiger partial charge in [0, 0.05) is 17.6 Å². The Morgan fingerprint density at radius 2 is 2.25 bits per heavy atom. The topological polar surface area (TPSA) is 12.0 Å². The molecular weight excluding hydrogens is 201 g/mol. The van der Waals surface area contributed by atoms with Gasteiger partial charge in [0.15, 0.2) is 0 Å². The third kappa shape index (κ3) is 1.53. The summed E-state index contributed by atoms with van der Waals surface area (Å²) in [7, 11) is 0. The summed E-state index contributed by atoms with van der Waals surface area (Å²) < 4.78 is 13.1. The molecule has 3 rings (SSSR count). The zero-order valence-corrected chi connectivity index (χ0v) is 9.41. The highest BCUT2D eigenvalue weighted by molar-refractivity contribution is 5.52. The zero-order chi connectivity index (χ0) is 11.1. The first-order valence-electron chi connectivity index (χ1n) is 5.93. The summed E-state index contributed by atoms with van der Waals surface area (Å²) in [6.07, 6.45) is 7.02. The second-order valence-corrected chi connectivity index (χ2v) is 4.95. The lowest BCUT2D eigenvalue weighted by Gasteiger charge is -2.41. The lowest BCUT2D eigenvalue weighted by Crippen LogP contribution is -2.43. The maximum absolute atomic E-state index is 13.1. The minimum Gasteiger partial charge on any atom is -0.381 e. The predicted octanol–water partition coefficient (Wildman–Crippen LogP) is 3.51. The van der Waals surface area contributed by atoms with Crippen molar-refractivity contribution in [1.82, 2.24) is 0 Å². The summed E-state index contributed by atoms with van der Waals surface area (Å²) in [5.41, 5.74) is 2.07. The van der Waals surface area contributed by atoms with Gasteiger partial charge in [-0.05, 0) is 43.4 Å². The standard InChI is InChI=1S/C14H16FN/c1-9-5-6-11(15)8-13(9)16-14-7-10-3-2-4-12(10)14/h2,4-6,8,10,12,14,16H,3,7H2,1H3. The van der Waals surface area contributed by atoms with Gasteiger partial charge in [-0.1, -0.05) is 18.2 Å². The van der Waals surface area contributed by atoms with Crippen molar-refractivity contribution in [3.8, 4) is 0 Å². The Labute approximate surface area is 95.4 Å². The molecule has 0 saturated heterocycles. The summed E-state index contributed by atoms with van der Waals surface area (Å²) in [4.78, 5) is 0. The van der Waals surface area contributed by atoms with E-state index in [1.807, 2.05) is 13.0 Å². The van der Waals surface area contributed by atoms with E-state index in [1.165, 1.54) is 18.9 Å². The van der Waals surface area contributed by atoms with Crippen molar-refractivity contribution in [2.45, 2.75) is 25.8 Å². The molecule has 1 N–H and O–H groups in total. The summed E-state index contributed by atoms with van der Waals surface area (Å²) >= 11 is 0. The highest BCUT2D eigenvalue weighted by Gasteiger charge is 2.40. The van der Waals surface area contributed by atoms with Gasteiger partial charge in [0.1, 0.15) is 5.82 Å². The van der Waals surface area contributed by atoms with Crippen molar-refractivity contribution < 1.29 is 4.39 Å². The lowest BCUT2D eigenvalue weighted by molar-refractivity contribution is 0.218. The van der Waals surface area contributed by atoms with Gasteiger partial charge >= 0.3 is 0 Å². The highest BCUT2D eigenvalue weighted by Crippen LogP contribution is 2.44. The maximum Gasteiger partial charge on any atom is 0.125 e. The maximum atomic E-state index is 13.1. The predicted molar refractivity (Wildman–Crippen MR) is 63.9 cm³/mol. The number of allylic oxidation sites excluding steroid dienone is 1. The van der Waals surface area contributed by atoms with Gasteiger partial charge in [0.05, 0.1) is 0 Å². The summed E-state index contributed by atoms with van der Waals surface area (Å²) in [5.74, 6) is 1.35. The van der Waals surface area contributed by atoms with Crippen LogP contribution in [0, 0.1) is 24.6 Å². The number of benzene rings is 1. The molecule has 0 spiro atoms. The number of aryl methyl sites for hydroxylation is 1. The van der Waals surface area contributed by atoms with Crippen LogP contribution in [0.25, 0.3) is 0 Å². The van der Waals surface area contributed by atoms with Gasteiger partial charge < -0.3 is 5.32 Å².